The molecule has 1 saturated heterocycles. The molecule has 5 nitrogen and oxygen atoms in total. The van der Waals surface area contributed by atoms with Crippen molar-refractivity contribution in [3.05, 3.63) is 35.6 Å². The van der Waals surface area contributed by atoms with E-state index in [1.54, 1.807) is 21.9 Å². The van der Waals surface area contributed by atoms with Crippen LogP contribution < -0.4 is 5.73 Å². The van der Waals surface area contributed by atoms with Crippen LogP contribution in [0.15, 0.2) is 24.3 Å². The number of carbonyl (C=O) groups excluding carboxylic acids is 2. The highest BCUT2D eigenvalue weighted by atomic mass is 35.5. The molecule has 0 spiro atoms. The van der Waals surface area contributed by atoms with E-state index in [4.69, 9.17) is 5.73 Å². The van der Waals surface area contributed by atoms with Crippen LogP contribution in [0.2, 0.25) is 0 Å². The minimum Gasteiger partial charge on any atom is -0.341 e. The Balaban J connectivity index is 0.00000242. The number of benzene rings is 1. The van der Waals surface area contributed by atoms with E-state index in [0.29, 0.717) is 45.6 Å². The first kappa shape index (κ1) is 18.4. The average molecular weight is 330 g/mol. The van der Waals surface area contributed by atoms with Crippen LogP contribution in [0.3, 0.4) is 0 Å². The smallest absolute Gasteiger partial charge is 0.256 e. The average Bonchev–Trinajstić information content (AvgIpc) is 2.73. The van der Waals surface area contributed by atoms with Crippen LogP contribution in [0.1, 0.15) is 23.2 Å². The number of hydrogen-bond donors (Lipinski definition) is 1. The van der Waals surface area contributed by atoms with E-state index in [0.717, 1.165) is 0 Å². The van der Waals surface area contributed by atoms with Gasteiger partial charge in [-0.05, 0) is 18.6 Å². The number of amides is 2. The normalized spacial score (nSPS) is 15.0. The minimum atomic E-state index is -0.511. The Hall–Kier alpha value is -1.66. The first-order valence-corrected chi connectivity index (χ1v) is 7.15. The largest absolute Gasteiger partial charge is 0.341 e. The molecule has 2 rings (SSSR count). The molecule has 22 heavy (non-hydrogen) atoms. The van der Waals surface area contributed by atoms with Crippen LogP contribution in [-0.2, 0) is 4.79 Å². The number of nitrogens with two attached hydrogens (primary N) is 1. The third-order valence-electron chi connectivity index (χ3n) is 3.60. The molecule has 0 bridgehead atoms. The lowest BCUT2D eigenvalue weighted by Gasteiger charge is -2.22. The van der Waals surface area contributed by atoms with Gasteiger partial charge in [0.15, 0.2) is 0 Å². The lowest BCUT2D eigenvalue weighted by molar-refractivity contribution is -0.130. The molecule has 0 atom stereocenters. The van der Waals surface area contributed by atoms with Gasteiger partial charge in [0, 0.05) is 39.1 Å². The number of rotatable bonds is 3. The van der Waals surface area contributed by atoms with E-state index in [1.807, 2.05) is 0 Å². The highest BCUT2D eigenvalue weighted by Gasteiger charge is 2.23. The van der Waals surface area contributed by atoms with Crippen molar-refractivity contribution in [3.8, 4) is 0 Å². The lowest BCUT2D eigenvalue weighted by Crippen LogP contribution is -2.38. The molecule has 0 aliphatic carbocycles. The Kier molecular flexibility index (Phi) is 7.27. The fourth-order valence-electron chi connectivity index (χ4n) is 2.46. The number of hydrogen-bond acceptors (Lipinski definition) is 3. The molecule has 0 unspecified atom stereocenters. The van der Waals surface area contributed by atoms with Crippen LogP contribution in [0, 0.1) is 5.82 Å². The van der Waals surface area contributed by atoms with Crippen molar-refractivity contribution in [1.82, 2.24) is 9.80 Å². The first-order chi connectivity index (χ1) is 10.1. The molecule has 2 amide bonds. The van der Waals surface area contributed by atoms with Gasteiger partial charge in [0.25, 0.3) is 5.91 Å². The van der Waals surface area contributed by atoms with Gasteiger partial charge in [-0.15, -0.1) is 12.4 Å². The first-order valence-electron chi connectivity index (χ1n) is 7.15. The molecule has 1 aromatic carbocycles. The molecule has 1 fully saturated rings. The zero-order chi connectivity index (χ0) is 15.2. The topological polar surface area (TPSA) is 66.6 Å². The minimum absolute atomic E-state index is 0. The lowest BCUT2D eigenvalue weighted by atomic mass is 10.2. The summed E-state index contributed by atoms with van der Waals surface area (Å²) in [6, 6.07) is 5.97. The molecule has 0 radical (unpaired) electrons. The second-order valence-electron chi connectivity index (χ2n) is 5.05. The zero-order valence-corrected chi connectivity index (χ0v) is 13.2. The maximum atomic E-state index is 13.7. The van der Waals surface area contributed by atoms with Gasteiger partial charge in [-0.25, -0.2) is 4.39 Å². The van der Waals surface area contributed by atoms with Gasteiger partial charge >= 0.3 is 0 Å². The highest BCUT2D eigenvalue weighted by molar-refractivity contribution is 5.94. The second-order valence-corrected chi connectivity index (χ2v) is 5.05. The standard InChI is InChI=1S/C15H20FN3O2.ClH/c16-13-5-2-1-4-12(13)15(21)19-9-3-8-18(10-11-19)14(20)6-7-17;/h1-2,4-5H,3,6-11,17H2;1H. The van der Waals surface area contributed by atoms with Gasteiger partial charge in [0.2, 0.25) is 5.91 Å². The Morgan fingerprint density at radius 1 is 1.09 bits per heavy atom. The molecule has 7 heteroatoms. The Labute approximate surface area is 135 Å². The van der Waals surface area contributed by atoms with Crippen molar-refractivity contribution in [2.24, 2.45) is 5.73 Å². The fourth-order valence-corrected chi connectivity index (χ4v) is 2.46. The number of carbonyl (C=O) groups is 2. The zero-order valence-electron chi connectivity index (χ0n) is 12.3. The van der Waals surface area contributed by atoms with E-state index in [-0.39, 0.29) is 29.8 Å². The summed E-state index contributed by atoms with van der Waals surface area (Å²) >= 11 is 0. The summed E-state index contributed by atoms with van der Waals surface area (Å²) in [4.78, 5) is 27.5. The summed E-state index contributed by atoms with van der Waals surface area (Å²) in [7, 11) is 0. The summed E-state index contributed by atoms with van der Waals surface area (Å²) in [6.07, 6.45) is 1.01. The quantitative estimate of drug-likeness (QED) is 0.908. The molecule has 0 saturated carbocycles. The SMILES string of the molecule is Cl.NCCC(=O)N1CCCN(C(=O)c2ccccc2F)CC1. The summed E-state index contributed by atoms with van der Waals surface area (Å²) in [5.41, 5.74) is 5.47. The summed E-state index contributed by atoms with van der Waals surface area (Å²) < 4.78 is 13.7. The molecular formula is C15H21ClFN3O2. The van der Waals surface area contributed by atoms with E-state index >= 15 is 0 Å². The van der Waals surface area contributed by atoms with Crippen molar-refractivity contribution in [2.45, 2.75) is 12.8 Å². The molecule has 1 aliphatic heterocycles. The Bertz CT molecular complexity index is 527. The predicted molar refractivity (Wildman–Crippen MR) is 84.4 cm³/mol. The Morgan fingerprint density at radius 2 is 1.73 bits per heavy atom. The molecule has 1 heterocycles. The Morgan fingerprint density at radius 3 is 2.41 bits per heavy atom. The molecule has 1 aromatic rings. The molecule has 122 valence electrons. The van der Waals surface area contributed by atoms with Gasteiger partial charge in [-0.3, -0.25) is 9.59 Å². The van der Waals surface area contributed by atoms with Gasteiger partial charge in [-0.1, -0.05) is 12.1 Å². The van der Waals surface area contributed by atoms with E-state index in [9.17, 15) is 14.0 Å². The second kappa shape index (κ2) is 8.70. The number of halogens is 2. The van der Waals surface area contributed by atoms with Gasteiger partial charge in [-0.2, -0.15) is 0 Å². The van der Waals surface area contributed by atoms with Crippen LogP contribution in [0.5, 0.6) is 0 Å². The van der Waals surface area contributed by atoms with Crippen molar-refractivity contribution >= 4 is 24.2 Å². The van der Waals surface area contributed by atoms with E-state index in [1.165, 1.54) is 12.1 Å². The van der Waals surface area contributed by atoms with Crippen molar-refractivity contribution in [2.75, 3.05) is 32.7 Å². The predicted octanol–water partition coefficient (Wildman–Crippen LogP) is 1.27. The molecule has 0 aromatic heterocycles. The fraction of sp³-hybridized carbons (Fsp3) is 0.467. The molecule has 2 N–H and O–H groups in total. The van der Waals surface area contributed by atoms with Gasteiger partial charge in [0.05, 0.1) is 5.56 Å². The van der Waals surface area contributed by atoms with Crippen LogP contribution in [-0.4, -0.2) is 54.3 Å². The highest BCUT2D eigenvalue weighted by Crippen LogP contribution is 2.13. The summed E-state index contributed by atoms with van der Waals surface area (Å²) in [6.45, 7) is 2.36. The summed E-state index contributed by atoms with van der Waals surface area (Å²) in [5, 5.41) is 0. The third kappa shape index (κ3) is 4.42. The van der Waals surface area contributed by atoms with Gasteiger partial charge < -0.3 is 15.5 Å². The third-order valence-corrected chi connectivity index (χ3v) is 3.60. The maximum absolute atomic E-state index is 13.7. The number of nitrogens with zero attached hydrogens (tertiary/aromatic N) is 2. The van der Waals surface area contributed by atoms with Crippen molar-refractivity contribution in [3.63, 3.8) is 0 Å². The van der Waals surface area contributed by atoms with Crippen LogP contribution >= 0.6 is 12.4 Å². The van der Waals surface area contributed by atoms with E-state index in [2.05, 4.69) is 0 Å². The van der Waals surface area contributed by atoms with Gasteiger partial charge in [0.1, 0.15) is 5.82 Å². The van der Waals surface area contributed by atoms with E-state index < -0.39 is 5.82 Å². The van der Waals surface area contributed by atoms with Crippen molar-refractivity contribution < 1.29 is 14.0 Å². The van der Waals surface area contributed by atoms with Crippen molar-refractivity contribution in [1.29, 1.82) is 0 Å². The molecular weight excluding hydrogens is 309 g/mol. The molecule has 1 aliphatic rings. The maximum Gasteiger partial charge on any atom is 0.256 e. The van der Waals surface area contributed by atoms with Crippen LogP contribution in [0.4, 0.5) is 4.39 Å². The summed E-state index contributed by atoms with van der Waals surface area (Å²) in [5.74, 6) is -0.818. The van der Waals surface area contributed by atoms with Crippen LogP contribution in [0.25, 0.3) is 0 Å². The monoisotopic (exact) mass is 329 g/mol.